The van der Waals surface area contributed by atoms with Crippen molar-refractivity contribution < 1.29 is 14.3 Å². The van der Waals surface area contributed by atoms with Crippen molar-refractivity contribution in [3.8, 4) is 0 Å². The highest BCUT2D eigenvalue weighted by molar-refractivity contribution is 6.06. The van der Waals surface area contributed by atoms with Crippen molar-refractivity contribution in [1.82, 2.24) is 14.5 Å². The maximum absolute atomic E-state index is 13.3. The van der Waals surface area contributed by atoms with Crippen molar-refractivity contribution in [3.05, 3.63) is 70.1 Å². The lowest BCUT2D eigenvalue weighted by Crippen LogP contribution is -2.36. The molecule has 8 heteroatoms. The van der Waals surface area contributed by atoms with Crippen molar-refractivity contribution >= 4 is 28.6 Å². The summed E-state index contributed by atoms with van der Waals surface area (Å²) < 4.78 is 6.56. The lowest BCUT2D eigenvalue weighted by atomic mass is 10.1. The van der Waals surface area contributed by atoms with E-state index in [0.717, 1.165) is 29.7 Å². The van der Waals surface area contributed by atoms with Gasteiger partial charge in [-0.05, 0) is 31.5 Å². The minimum atomic E-state index is -0.389. The minimum absolute atomic E-state index is 0.133. The Kier molecular flexibility index (Phi) is 6.20. The molecular formula is C24H26N4O4. The average Bonchev–Trinajstić information content (AvgIpc) is 3.08. The summed E-state index contributed by atoms with van der Waals surface area (Å²) in [6.45, 7) is 4.55. The van der Waals surface area contributed by atoms with Gasteiger partial charge >= 0.3 is 5.97 Å². The van der Waals surface area contributed by atoms with Gasteiger partial charge in [-0.1, -0.05) is 18.2 Å². The van der Waals surface area contributed by atoms with Crippen molar-refractivity contribution in [2.45, 2.75) is 13.3 Å². The van der Waals surface area contributed by atoms with Gasteiger partial charge in [0.2, 0.25) is 0 Å². The third-order valence-corrected chi connectivity index (χ3v) is 5.75. The summed E-state index contributed by atoms with van der Waals surface area (Å²) >= 11 is 0. The number of nitrogens with zero attached hydrogens (tertiary/aromatic N) is 4. The standard InChI is InChI=1S/C24H26N4O4/c1-3-32-24(31)17-9-10-21(25-16-17)27-11-6-12-28(14-13-27)23(30)19-15-22(29)26(2)20-8-5-4-7-18(19)20/h4-5,7-10,15-16H,3,6,11-14H2,1-2H3. The zero-order valence-electron chi connectivity index (χ0n) is 18.3. The Balaban J connectivity index is 1.51. The number of aryl methyl sites for hydroxylation is 1. The van der Waals surface area contributed by atoms with Crippen molar-refractivity contribution in [2.24, 2.45) is 7.05 Å². The molecule has 0 bridgehead atoms. The summed E-state index contributed by atoms with van der Waals surface area (Å²) in [5.74, 6) is 0.234. The minimum Gasteiger partial charge on any atom is -0.462 e. The number of rotatable bonds is 4. The monoisotopic (exact) mass is 434 g/mol. The van der Waals surface area contributed by atoms with Crippen LogP contribution in [0.25, 0.3) is 10.9 Å². The molecular weight excluding hydrogens is 408 g/mol. The van der Waals surface area contributed by atoms with Gasteiger partial charge < -0.3 is 19.1 Å². The highest BCUT2D eigenvalue weighted by Crippen LogP contribution is 2.20. The number of ether oxygens (including phenoxy) is 1. The number of carbonyl (C=O) groups excluding carboxylic acids is 2. The number of benzene rings is 1. The molecule has 0 atom stereocenters. The predicted molar refractivity (Wildman–Crippen MR) is 122 cm³/mol. The quantitative estimate of drug-likeness (QED) is 0.587. The van der Waals surface area contributed by atoms with Crippen molar-refractivity contribution in [3.63, 3.8) is 0 Å². The van der Waals surface area contributed by atoms with Crippen LogP contribution in [0.1, 0.15) is 34.1 Å². The first-order valence-electron chi connectivity index (χ1n) is 10.8. The Morgan fingerprint density at radius 3 is 2.62 bits per heavy atom. The summed E-state index contributed by atoms with van der Waals surface area (Å²) in [5, 5.41) is 0.775. The van der Waals surface area contributed by atoms with Crippen LogP contribution in [-0.2, 0) is 11.8 Å². The number of para-hydroxylation sites is 1. The molecule has 2 aromatic heterocycles. The summed E-state index contributed by atoms with van der Waals surface area (Å²) in [6.07, 6.45) is 2.29. The van der Waals surface area contributed by atoms with Crippen LogP contribution in [0.5, 0.6) is 0 Å². The van der Waals surface area contributed by atoms with Crippen molar-refractivity contribution in [2.75, 3.05) is 37.7 Å². The van der Waals surface area contributed by atoms with E-state index < -0.39 is 0 Å². The van der Waals surface area contributed by atoms with E-state index in [0.29, 0.717) is 37.4 Å². The zero-order chi connectivity index (χ0) is 22.7. The van der Waals surface area contributed by atoms with Gasteiger partial charge in [-0.25, -0.2) is 9.78 Å². The van der Waals surface area contributed by atoms with Crippen LogP contribution < -0.4 is 10.5 Å². The third-order valence-electron chi connectivity index (χ3n) is 5.75. The van der Waals surface area contributed by atoms with Crippen molar-refractivity contribution in [1.29, 1.82) is 0 Å². The third kappa shape index (κ3) is 4.21. The maximum atomic E-state index is 13.3. The molecule has 3 heterocycles. The molecule has 1 saturated heterocycles. The molecule has 0 saturated carbocycles. The van der Waals surface area contributed by atoms with Crippen LogP contribution in [0, 0.1) is 0 Å². The highest BCUT2D eigenvalue weighted by Gasteiger charge is 2.23. The van der Waals surface area contributed by atoms with E-state index in [9.17, 15) is 14.4 Å². The molecule has 0 spiro atoms. The molecule has 1 aliphatic heterocycles. The van der Waals surface area contributed by atoms with Crippen LogP contribution in [0.15, 0.2) is 53.5 Å². The second kappa shape index (κ2) is 9.21. The molecule has 1 fully saturated rings. The number of hydrogen-bond donors (Lipinski definition) is 0. The molecule has 1 aliphatic rings. The van der Waals surface area contributed by atoms with Crippen LogP contribution in [0.2, 0.25) is 0 Å². The van der Waals surface area contributed by atoms with Gasteiger partial charge in [0.15, 0.2) is 0 Å². The molecule has 3 aromatic rings. The van der Waals surface area contributed by atoms with E-state index in [4.69, 9.17) is 4.74 Å². The van der Waals surface area contributed by atoms with E-state index in [1.165, 1.54) is 12.3 Å². The number of fused-ring (bicyclic) bond motifs is 1. The van der Waals surface area contributed by atoms with Gasteiger partial charge in [0, 0.05) is 50.9 Å². The molecule has 1 amide bonds. The topological polar surface area (TPSA) is 84.7 Å². The SMILES string of the molecule is CCOC(=O)c1ccc(N2CCCN(C(=O)c3cc(=O)n(C)c4ccccc34)CC2)nc1. The lowest BCUT2D eigenvalue weighted by molar-refractivity contribution is 0.0525. The molecule has 166 valence electrons. The number of amides is 1. The predicted octanol–water partition coefficient (Wildman–Crippen LogP) is 2.46. The van der Waals surface area contributed by atoms with Crippen LogP contribution in [0.4, 0.5) is 5.82 Å². The van der Waals surface area contributed by atoms with Gasteiger partial charge in [0.1, 0.15) is 5.82 Å². The Hall–Kier alpha value is -3.68. The van der Waals surface area contributed by atoms with Gasteiger partial charge in [-0.15, -0.1) is 0 Å². The molecule has 8 nitrogen and oxygen atoms in total. The first-order chi connectivity index (χ1) is 15.5. The first kappa shape index (κ1) is 21.5. The van der Waals surface area contributed by atoms with E-state index >= 15 is 0 Å². The number of anilines is 1. The number of pyridine rings is 2. The molecule has 0 aliphatic carbocycles. The summed E-state index contributed by atoms with van der Waals surface area (Å²) in [5.41, 5.74) is 1.40. The molecule has 0 unspecified atom stereocenters. The first-order valence-corrected chi connectivity index (χ1v) is 10.8. The Morgan fingerprint density at radius 2 is 1.88 bits per heavy atom. The van der Waals surface area contributed by atoms with E-state index in [1.54, 1.807) is 35.6 Å². The molecule has 4 rings (SSSR count). The van der Waals surface area contributed by atoms with E-state index in [-0.39, 0.29) is 17.4 Å². The molecule has 32 heavy (non-hydrogen) atoms. The largest absolute Gasteiger partial charge is 0.462 e. The fraction of sp³-hybridized carbons (Fsp3) is 0.333. The Morgan fingerprint density at radius 1 is 1.06 bits per heavy atom. The second-order valence-electron chi connectivity index (χ2n) is 7.73. The van der Waals surface area contributed by atoms with Gasteiger partial charge in [0.05, 0.1) is 23.3 Å². The number of aromatic nitrogens is 2. The second-order valence-corrected chi connectivity index (χ2v) is 7.73. The Bertz CT molecular complexity index is 1200. The zero-order valence-corrected chi connectivity index (χ0v) is 18.3. The molecule has 1 aromatic carbocycles. The molecule has 0 N–H and O–H groups in total. The van der Waals surface area contributed by atoms with E-state index in [1.807, 2.05) is 24.3 Å². The number of esters is 1. The highest BCUT2D eigenvalue weighted by atomic mass is 16.5. The molecule has 0 radical (unpaired) electrons. The fourth-order valence-corrected chi connectivity index (χ4v) is 4.02. The average molecular weight is 434 g/mol. The number of carbonyl (C=O) groups is 2. The van der Waals surface area contributed by atoms with Crippen LogP contribution >= 0.6 is 0 Å². The van der Waals surface area contributed by atoms with Gasteiger partial charge in [-0.2, -0.15) is 0 Å². The van der Waals surface area contributed by atoms with Gasteiger partial charge in [-0.3, -0.25) is 9.59 Å². The smallest absolute Gasteiger partial charge is 0.339 e. The van der Waals surface area contributed by atoms with Crippen LogP contribution in [-0.4, -0.2) is 59.1 Å². The summed E-state index contributed by atoms with van der Waals surface area (Å²) in [4.78, 5) is 45.9. The van der Waals surface area contributed by atoms with E-state index in [2.05, 4.69) is 9.88 Å². The lowest BCUT2D eigenvalue weighted by Gasteiger charge is -2.23. The fourth-order valence-electron chi connectivity index (χ4n) is 4.02. The summed E-state index contributed by atoms with van der Waals surface area (Å²) in [7, 11) is 1.71. The number of hydrogen-bond acceptors (Lipinski definition) is 6. The Labute approximate surface area is 186 Å². The maximum Gasteiger partial charge on any atom is 0.339 e. The van der Waals surface area contributed by atoms with Gasteiger partial charge in [0.25, 0.3) is 11.5 Å². The normalized spacial score (nSPS) is 14.3. The summed E-state index contributed by atoms with van der Waals surface area (Å²) in [6, 6.07) is 12.4. The van der Waals surface area contributed by atoms with Crippen LogP contribution in [0.3, 0.4) is 0 Å².